The molecule has 0 aliphatic heterocycles. The number of rotatable bonds is 3. The van der Waals surface area contributed by atoms with Crippen LogP contribution in [0, 0.1) is 0 Å². The lowest BCUT2D eigenvalue weighted by molar-refractivity contribution is -0.134. The Balaban J connectivity index is 2.90. The van der Waals surface area contributed by atoms with Crippen LogP contribution in [0.4, 0.5) is 0 Å². The summed E-state index contributed by atoms with van der Waals surface area (Å²) in [6.07, 6.45) is 0.929. The predicted octanol–water partition coefficient (Wildman–Crippen LogP) is 2.82. The average Bonchev–Trinajstić information content (AvgIpc) is 2.28. The molecule has 0 atom stereocenters. The zero-order valence-corrected chi connectivity index (χ0v) is 9.88. The number of carbonyl (C=O) groups is 2. The van der Waals surface area contributed by atoms with Crippen LogP contribution in [0.5, 0.6) is 0 Å². The van der Waals surface area contributed by atoms with Crippen molar-refractivity contribution >= 4 is 35.0 Å². The van der Waals surface area contributed by atoms with E-state index in [1.807, 2.05) is 0 Å². The van der Waals surface area contributed by atoms with E-state index in [1.165, 1.54) is 19.2 Å². The smallest absolute Gasteiger partial charge is 0.332 e. The molecular weight excluding hydrogens is 251 g/mol. The van der Waals surface area contributed by atoms with Crippen LogP contribution in [0.2, 0.25) is 5.02 Å². The van der Waals surface area contributed by atoms with E-state index in [-0.39, 0.29) is 5.03 Å². The molecule has 0 fully saturated rings. The fourth-order valence-corrected chi connectivity index (χ4v) is 1.29. The second-order valence-corrected chi connectivity index (χ2v) is 3.70. The van der Waals surface area contributed by atoms with Gasteiger partial charge in [-0.2, -0.15) is 0 Å². The average molecular weight is 259 g/mol. The molecule has 1 rings (SSSR count). The molecule has 16 heavy (non-hydrogen) atoms. The quantitative estimate of drug-likeness (QED) is 0.476. The number of ether oxygens (including phenoxy) is 1. The Labute approximate surface area is 103 Å². The lowest BCUT2D eigenvalue weighted by atomic mass is 10.1. The van der Waals surface area contributed by atoms with Crippen molar-refractivity contribution < 1.29 is 14.3 Å². The van der Waals surface area contributed by atoms with E-state index in [9.17, 15) is 9.59 Å². The number of ketones is 1. The highest BCUT2D eigenvalue weighted by Crippen LogP contribution is 2.15. The first-order valence-electron chi connectivity index (χ1n) is 4.30. The van der Waals surface area contributed by atoms with Crippen molar-refractivity contribution in [2.24, 2.45) is 0 Å². The molecule has 0 saturated heterocycles. The molecule has 3 nitrogen and oxygen atoms in total. The number of halogens is 2. The molecule has 84 valence electrons. The van der Waals surface area contributed by atoms with E-state index in [4.69, 9.17) is 23.2 Å². The van der Waals surface area contributed by atoms with Gasteiger partial charge >= 0.3 is 5.97 Å². The molecule has 0 aliphatic carbocycles. The Kier molecular flexibility index (Phi) is 4.52. The van der Waals surface area contributed by atoms with Gasteiger partial charge in [0.15, 0.2) is 0 Å². The fraction of sp³-hybridized carbons (Fsp3) is 0.0909. The number of hydrogen-bond donors (Lipinski definition) is 0. The molecule has 0 spiro atoms. The van der Waals surface area contributed by atoms with Gasteiger partial charge in [-0.3, -0.25) is 4.79 Å². The minimum absolute atomic E-state index is 0.200. The van der Waals surface area contributed by atoms with E-state index in [1.54, 1.807) is 12.1 Å². The molecule has 0 heterocycles. The maximum absolute atomic E-state index is 11.7. The van der Waals surface area contributed by atoms with Crippen LogP contribution in [0.3, 0.4) is 0 Å². The van der Waals surface area contributed by atoms with Crippen molar-refractivity contribution in [1.82, 2.24) is 0 Å². The highest BCUT2D eigenvalue weighted by Gasteiger charge is 2.11. The van der Waals surface area contributed by atoms with Crippen molar-refractivity contribution in [3.8, 4) is 0 Å². The molecular formula is C11H8Cl2O3. The minimum Gasteiger partial charge on any atom is -0.466 e. The summed E-state index contributed by atoms with van der Waals surface area (Å²) in [5.41, 5.74) is 0.356. The van der Waals surface area contributed by atoms with Gasteiger partial charge < -0.3 is 4.74 Å². The van der Waals surface area contributed by atoms with Gasteiger partial charge in [0, 0.05) is 16.7 Å². The molecule has 0 amide bonds. The number of methoxy groups -OCH3 is 1. The highest BCUT2D eigenvalue weighted by molar-refractivity contribution is 6.46. The van der Waals surface area contributed by atoms with Crippen LogP contribution in [0.15, 0.2) is 35.4 Å². The summed E-state index contributed by atoms with van der Waals surface area (Å²) in [5.74, 6) is -1.13. The highest BCUT2D eigenvalue weighted by atomic mass is 35.5. The topological polar surface area (TPSA) is 43.4 Å². The second-order valence-electron chi connectivity index (χ2n) is 2.85. The molecule has 5 heteroatoms. The van der Waals surface area contributed by atoms with Crippen LogP contribution in [-0.2, 0) is 9.53 Å². The fourth-order valence-electron chi connectivity index (χ4n) is 0.967. The summed E-state index contributed by atoms with van der Waals surface area (Å²) in [4.78, 5) is 22.5. The third-order valence-electron chi connectivity index (χ3n) is 1.77. The minimum atomic E-state index is -0.674. The SMILES string of the molecule is COC(=O)C=C(Cl)C(=O)c1ccc(Cl)cc1. The molecule has 0 aliphatic rings. The summed E-state index contributed by atoms with van der Waals surface area (Å²) < 4.78 is 4.35. The molecule has 0 saturated carbocycles. The van der Waals surface area contributed by atoms with Crippen LogP contribution in [0.1, 0.15) is 10.4 Å². The zero-order chi connectivity index (χ0) is 12.1. The van der Waals surface area contributed by atoms with Crippen LogP contribution in [0.25, 0.3) is 0 Å². The standard InChI is InChI=1S/C11H8Cl2O3/c1-16-10(14)6-9(13)11(15)7-2-4-8(12)5-3-7/h2-6H,1H3. The number of benzene rings is 1. The van der Waals surface area contributed by atoms with Gasteiger partial charge in [-0.05, 0) is 24.3 Å². The summed E-state index contributed by atoms with van der Waals surface area (Å²) in [7, 11) is 1.20. The van der Waals surface area contributed by atoms with Gasteiger partial charge in [-0.15, -0.1) is 0 Å². The number of hydrogen-bond acceptors (Lipinski definition) is 3. The molecule has 0 aromatic heterocycles. The van der Waals surface area contributed by atoms with Crippen molar-refractivity contribution in [1.29, 1.82) is 0 Å². The summed E-state index contributed by atoms with van der Waals surface area (Å²) in [6, 6.07) is 6.19. The summed E-state index contributed by atoms with van der Waals surface area (Å²) in [6.45, 7) is 0. The number of esters is 1. The first-order valence-corrected chi connectivity index (χ1v) is 5.05. The Hall–Kier alpha value is -1.32. The largest absolute Gasteiger partial charge is 0.466 e. The Bertz CT molecular complexity index is 435. The Morgan fingerprint density at radius 1 is 1.25 bits per heavy atom. The third-order valence-corrected chi connectivity index (χ3v) is 2.30. The van der Waals surface area contributed by atoms with Gasteiger partial charge in [-0.25, -0.2) is 4.79 Å². The van der Waals surface area contributed by atoms with Crippen LogP contribution < -0.4 is 0 Å². The van der Waals surface area contributed by atoms with Crippen LogP contribution >= 0.6 is 23.2 Å². The molecule has 1 aromatic carbocycles. The normalized spacial score (nSPS) is 11.1. The summed E-state index contributed by atoms with van der Waals surface area (Å²) in [5, 5.41) is 0.318. The van der Waals surface area contributed by atoms with E-state index in [0.29, 0.717) is 10.6 Å². The first kappa shape index (κ1) is 12.7. The van der Waals surface area contributed by atoms with Gasteiger partial charge in [-0.1, -0.05) is 23.2 Å². The van der Waals surface area contributed by atoms with Crippen molar-refractivity contribution in [3.63, 3.8) is 0 Å². The lowest BCUT2D eigenvalue weighted by Gasteiger charge is -1.99. The number of Topliss-reactive ketones (excluding diaryl/α,β-unsaturated/α-hetero) is 1. The zero-order valence-electron chi connectivity index (χ0n) is 8.37. The van der Waals surface area contributed by atoms with Gasteiger partial charge in [0.2, 0.25) is 5.78 Å². The van der Waals surface area contributed by atoms with Crippen LogP contribution in [-0.4, -0.2) is 18.9 Å². The third kappa shape index (κ3) is 3.36. The molecule has 1 aromatic rings. The van der Waals surface area contributed by atoms with E-state index < -0.39 is 11.8 Å². The van der Waals surface area contributed by atoms with E-state index in [2.05, 4.69) is 4.74 Å². The molecule has 0 bridgehead atoms. The van der Waals surface area contributed by atoms with Crippen molar-refractivity contribution in [3.05, 3.63) is 46.0 Å². The second kappa shape index (κ2) is 5.68. The van der Waals surface area contributed by atoms with E-state index >= 15 is 0 Å². The summed E-state index contributed by atoms with van der Waals surface area (Å²) >= 11 is 11.3. The van der Waals surface area contributed by atoms with Gasteiger partial charge in [0.1, 0.15) is 0 Å². The number of carbonyl (C=O) groups excluding carboxylic acids is 2. The maximum Gasteiger partial charge on any atom is 0.332 e. The molecule has 0 unspecified atom stereocenters. The Morgan fingerprint density at radius 3 is 2.31 bits per heavy atom. The lowest BCUT2D eigenvalue weighted by Crippen LogP contribution is -2.03. The molecule has 0 N–H and O–H groups in total. The van der Waals surface area contributed by atoms with Crippen molar-refractivity contribution in [2.45, 2.75) is 0 Å². The van der Waals surface area contributed by atoms with E-state index in [0.717, 1.165) is 6.08 Å². The predicted molar refractivity (Wildman–Crippen MR) is 61.7 cm³/mol. The maximum atomic E-state index is 11.7. The molecule has 0 radical (unpaired) electrons. The first-order chi connectivity index (χ1) is 7.54. The van der Waals surface area contributed by atoms with Gasteiger partial charge in [0.05, 0.1) is 12.1 Å². The number of allylic oxidation sites excluding steroid dienone is 1. The monoisotopic (exact) mass is 258 g/mol. The van der Waals surface area contributed by atoms with Gasteiger partial charge in [0.25, 0.3) is 0 Å². The Morgan fingerprint density at radius 2 is 1.81 bits per heavy atom. The van der Waals surface area contributed by atoms with Crippen molar-refractivity contribution in [2.75, 3.05) is 7.11 Å².